The van der Waals surface area contributed by atoms with Gasteiger partial charge < -0.3 is 14.2 Å². The van der Waals surface area contributed by atoms with E-state index in [0.717, 1.165) is 49.0 Å². The molecule has 4 atom stereocenters. The molecular formula is C23H34N2O5S. The summed E-state index contributed by atoms with van der Waals surface area (Å²) in [5.74, 6) is 0.593. The number of nitrogens with zero attached hydrogens (tertiary/aromatic N) is 1. The molecule has 0 bridgehead atoms. The minimum absolute atomic E-state index is 0.0697. The van der Waals surface area contributed by atoms with Crippen LogP contribution in [0.2, 0.25) is 0 Å². The zero-order chi connectivity index (χ0) is 22.2. The molecule has 1 aromatic rings. The number of imide groups is 1. The van der Waals surface area contributed by atoms with Crippen molar-refractivity contribution < 1.29 is 23.8 Å². The number of ether oxygens (including phenoxy) is 3. The molecule has 0 aromatic heterocycles. The Bertz CT molecular complexity index is 729. The number of carbonyl (C=O) groups excluding carboxylic acids is 2. The smallest absolute Gasteiger partial charge is 0.286 e. The average Bonchev–Trinajstić information content (AvgIpc) is 3.23. The first-order valence-corrected chi connectivity index (χ1v) is 12.1. The van der Waals surface area contributed by atoms with E-state index in [1.54, 1.807) is 0 Å². The van der Waals surface area contributed by atoms with Crippen molar-refractivity contribution in [3.8, 4) is 5.75 Å². The van der Waals surface area contributed by atoms with Crippen LogP contribution in [0.1, 0.15) is 39.2 Å². The van der Waals surface area contributed by atoms with Crippen molar-refractivity contribution in [3.63, 3.8) is 0 Å². The summed E-state index contributed by atoms with van der Waals surface area (Å²) in [7, 11) is 0. The number of likely N-dealkylation sites (tertiary alicyclic amines) is 1. The molecule has 31 heavy (non-hydrogen) atoms. The van der Waals surface area contributed by atoms with Gasteiger partial charge in [0, 0.05) is 25.8 Å². The number of rotatable bonds is 12. The summed E-state index contributed by atoms with van der Waals surface area (Å²) in [4.78, 5) is 25.5. The molecule has 2 aliphatic rings. The summed E-state index contributed by atoms with van der Waals surface area (Å²) in [6.45, 7) is 10.2. The second kappa shape index (κ2) is 11.9. The Labute approximate surface area is 189 Å². The van der Waals surface area contributed by atoms with Crippen molar-refractivity contribution in [1.29, 1.82) is 0 Å². The first-order valence-electron chi connectivity index (χ1n) is 11.3. The van der Waals surface area contributed by atoms with Crippen molar-refractivity contribution in [2.45, 2.75) is 63.5 Å². The molecule has 0 radical (unpaired) electrons. The fourth-order valence-electron chi connectivity index (χ4n) is 4.35. The molecule has 0 spiro atoms. The van der Waals surface area contributed by atoms with Crippen molar-refractivity contribution in [2.75, 3.05) is 32.9 Å². The van der Waals surface area contributed by atoms with E-state index in [9.17, 15) is 9.59 Å². The lowest BCUT2D eigenvalue weighted by Gasteiger charge is -2.28. The van der Waals surface area contributed by atoms with E-state index in [4.69, 9.17) is 14.2 Å². The highest BCUT2D eigenvalue weighted by Gasteiger charge is 2.42. The lowest BCUT2D eigenvalue weighted by molar-refractivity contribution is -0.118. The summed E-state index contributed by atoms with van der Waals surface area (Å²) in [5.41, 5.74) is 1.01. The average molecular weight is 451 g/mol. The third kappa shape index (κ3) is 6.44. The molecule has 0 aliphatic carbocycles. The van der Waals surface area contributed by atoms with E-state index >= 15 is 0 Å². The second-order valence-electron chi connectivity index (χ2n) is 7.84. The minimum atomic E-state index is -0.347. The van der Waals surface area contributed by atoms with Gasteiger partial charge in [-0.2, -0.15) is 0 Å². The maximum absolute atomic E-state index is 11.7. The molecule has 2 fully saturated rings. The second-order valence-corrected chi connectivity index (χ2v) is 9.02. The predicted octanol–water partition coefficient (Wildman–Crippen LogP) is 3.25. The summed E-state index contributed by atoms with van der Waals surface area (Å²) < 4.78 is 18.1. The quantitative estimate of drug-likeness (QED) is 0.524. The molecule has 2 unspecified atom stereocenters. The topological polar surface area (TPSA) is 77.1 Å². The normalized spacial score (nSPS) is 26.4. The van der Waals surface area contributed by atoms with Gasteiger partial charge in [0.1, 0.15) is 11.9 Å². The fraction of sp³-hybridized carbons (Fsp3) is 0.652. The molecule has 2 heterocycles. The molecule has 2 saturated heterocycles. The Hall–Kier alpha value is -1.61. The molecule has 2 aliphatic heterocycles. The Balaban J connectivity index is 1.52. The minimum Gasteiger partial charge on any atom is -0.494 e. The molecule has 7 nitrogen and oxygen atoms in total. The first-order chi connectivity index (χ1) is 15.0. The monoisotopic (exact) mass is 450 g/mol. The van der Waals surface area contributed by atoms with Crippen LogP contribution in [0.5, 0.6) is 5.75 Å². The first kappa shape index (κ1) is 24.0. The Kier molecular flexibility index (Phi) is 9.19. The van der Waals surface area contributed by atoms with E-state index in [-0.39, 0.29) is 34.6 Å². The molecule has 3 rings (SSSR count). The fourth-order valence-corrected chi connectivity index (χ4v) is 5.21. The molecule has 172 valence electrons. The molecule has 2 amide bonds. The third-order valence-corrected chi connectivity index (χ3v) is 6.66. The number of nitrogens with one attached hydrogen (secondary N) is 1. The van der Waals surface area contributed by atoms with E-state index in [1.165, 1.54) is 0 Å². The Morgan fingerprint density at radius 1 is 1.10 bits per heavy atom. The third-order valence-electron chi connectivity index (χ3n) is 5.67. The van der Waals surface area contributed by atoms with Gasteiger partial charge >= 0.3 is 0 Å². The predicted molar refractivity (Wildman–Crippen MR) is 122 cm³/mol. The van der Waals surface area contributed by atoms with Crippen LogP contribution in [0.3, 0.4) is 0 Å². The van der Waals surface area contributed by atoms with Crippen molar-refractivity contribution in [2.24, 2.45) is 0 Å². The summed E-state index contributed by atoms with van der Waals surface area (Å²) in [6.07, 6.45) is 2.68. The van der Waals surface area contributed by atoms with Crippen LogP contribution in [0, 0.1) is 0 Å². The summed E-state index contributed by atoms with van der Waals surface area (Å²) >= 11 is 1.05. The van der Waals surface area contributed by atoms with Gasteiger partial charge in [-0.3, -0.25) is 19.8 Å². The highest BCUT2D eigenvalue weighted by molar-refractivity contribution is 8.15. The number of hydrogen-bond donors (Lipinski definition) is 1. The number of hydrogen-bond acceptors (Lipinski definition) is 7. The number of amides is 2. The zero-order valence-corrected chi connectivity index (χ0v) is 19.5. The van der Waals surface area contributed by atoms with E-state index < -0.39 is 0 Å². The van der Waals surface area contributed by atoms with Crippen LogP contribution < -0.4 is 10.1 Å². The molecule has 0 saturated carbocycles. The standard InChI is InChI=1S/C23H34N2O5S/c1-4-12-25-15-19(28-5-2)21(29-6-3)18(25)11-13-30-17-9-7-16(8-10-17)14-20-22(26)24-23(27)31-20/h7-10,18-21H,4-6,11-15H2,1-3H3,(H,24,26,27)/t18?,19-,20?,21+/m1/s1. The van der Waals surface area contributed by atoms with E-state index in [0.29, 0.717) is 26.2 Å². The highest BCUT2D eigenvalue weighted by Crippen LogP contribution is 2.27. The van der Waals surface area contributed by atoms with Crippen molar-refractivity contribution in [1.82, 2.24) is 10.2 Å². The van der Waals surface area contributed by atoms with Gasteiger partial charge in [-0.1, -0.05) is 30.8 Å². The molecule has 1 aromatic carbocycles. The largest absolute Gasteiger partial charge is 0.494 e. The van der Waals surface area contributed by atoms with Crippen LogP contribution in [0.25, 0.3) is 0 Å². The van der Waals surface area contributed by atoms with Gasteiger partial charge in [0.05, 0.1) is 18.0 Å². The molecule has 8 heteroatoms. The summed E-state index contributed by atoms with van der Waals surface area (Å²) in [6, 6.07) is 8.05. The van der Waals surface area contributed by atoms with Gasteiger partial charge in [-0.25, -0.2) is 0 Å². The zero-order valence-electron chi connectivity index (χ0n) is 18.7. The maximum Gasteiger partial charge on any atom is 0.286 e. The van der Waals surface area contributed by atoms with Crippen LogP contribution in [-0.2, 0) is 20.7 Å². The SMILES string of the molecule is CCCN1C[C@@H](OCC)[C@@H](OCC)C1CCOc1ccc(CC2SC(=O)NC2=O)cc1. The van der Waals surface area contributed by atoms with E-state index in [1.807, 2.05) is 38.1 Å². The van der Waals surface area contributed by atoms with Crippen molar-refractivity contribution in [3.05, 3.63) is 29.8 Å². The number of carbonyl (C=O) groups is 2. The van der Waals surface area contributed by atoms with Gasteiger partial charge in [-0.05, 0) is 57.4 Å². The van der Waals surface area contributed by atoms with Crippen molar-refractivity contribution >= 4 is 22.9 Å². The lowest BCUT2D eigenvalue weighted by atomic mass is 10.1. The lowest BCUT2D eigenvalue weighted by Crippen LogP contribution is -2.39. The van der Waals surface area contributed by atoms with Crippen LogP contribution in [-0.4, -0.2) is 72.5 Å². The van der Waals surface area contributed by atoms with Crippen LogP contribution in [0.4, 0.5) is 4.79 Å². The molecule has 1 N–H and O–H groups in total. The van der Waals surface area contributed by atoms with E-state index in [2.05, 4.69) is 17.1 Å². The number of thioether (sulfide) groups is 1. The highest BCUT2D eigenvalue weighted by atomic mass is 32.2. The Morgan fingerprint density at radius 2 is 1.84 bits per heavy atom. The number of benzene rings is 1. The molecular weight excluding hydrogens is 416 g/mol. The van der Waals surface area contributed by atoms with Gasteiger partial charge in [-0.15, -0.1) is 0 Å². The van der Waals surface area contributed by atoms with Gasteiger partial charge in [0.15, 0.2) is 0 Å². The maximum atomic E-state index is 11.7. The summed E-state index contributed by atoms with van der Waals surface area (Å²) in [5, 5.41) is 1.71. The van der Waals surface area contributed by atoms with Gasteiger partial charge in [0.25, 0.3) is 5.24 Å². The van der Waals surface area contributed by atoms with Crippen LogP contribution >= 0.6 is 11.8 Å². The van der Waals surface area contributed by atoms with Crippen LogP contribution in [0.15, 0.2) is 24.3 Å². The van der Waals surface area contributed by atoms with Gasteiger partial charge in [0.2, 0.25) is 5.91 Å². The Morgan fingerprint density at radius 3 is 2.45 bits per heavy atom.